The van der Waals surface area contributed by atoms with E-state index < -0.39 is 43.3 Å². The van der Waals surface area contributed by atoms with Gasteiger partial charge in [-0.15, -0.1) is 0 Å². The summed E-state index contributed by atoms with van der Waals surface area (Å²) in [5, 5.41) is 39.1. The molecule has 0 radical (unpaired) electrons. The van der Waals surface area contributed by atoms with Gasteiger partial charge in [-0.1, -0.05) is 30.3 Å². The zero-order valence-electron chi connectivity index (χ0n) is 12.6. The van der Waals surface area contributed by atoms with Gasteiger partial charge in [-0.25, -0.2) is 4.79 Å². The van der Waals surface area contributed by atoms with E-state index in [9.17, 15) is 25.2 Å². The highest BCUT2D eigenvalue weighted by atomic mass is 16.6. The second-order valence-corrected chi connectivity index (χ2v) is 5.30. The molecule has 0 spiro atoms. The lowest BCUT2D eigenvalue weighted by atomic mass is 9.93. The number of aliphatic hydroxyl groups excluding tert-OH is 4. The minimum atomic E-state index is -1.55. The van der Waals surface area contributed by atoms with Crippen molar-refractivity contribution in [1.82, 2.24) is 4.90 Å². The Balaban J connectivity index is 2.13. The van der Waals surface area contributed by atoms with E-state index in [2.05, 4.69) is 0 Å². The predicted octanol–water partition coefficient (Wildman–Crippen LogP) is -0.945. The molecule has 0 aliphatic carbocycles. The van der Waals surface area contributed by atoms with Crippen molar-refractivity contribution in [3.63, 3.8) is 0 Å². The Hall–Kier alpha value is -1.71. The fraction of sp³-hybridized carbons (Fsp3) is 0.533. The lowest BCUT2D eigenvalue weighted by molar-refractivity contribution is -0.220. The molecule has 23 heavy (non-hydrogen) atoms. The Morgan fingerprint density at radius 1 is 1.13 bits per heavy atom. The van der Waals surface area contributed by atoms with Crippen LogP contribution in [0.15, 0.2) is 30.3 Å². The molecule has 1 heterocycles. The first-order chi connectivity index (χ1) is 11.0. The first-order valence-electron chi connectivity index (χ1n) is 7.18. The predicted molar refractivity (Wildman–Crippen MR) is 78.2 cm³/mol. The van der Waals surface area contributed by atoms with Crippen LogP contribution in [0.1, 0.15) is 5.56 Å². The molecule has 4 N–H and O–H groups in total. The summed E-state index contributed by atoms with van der Waals surface area (Å²) >= 11 is 0. The van der Waals surface area contributed by atoms with Crippen LogP contribution in [0.4, 0.5) is 4.79 Å². The van der Waals surface area contributed by atoms with Crippen molar-refractivity contribution >= 4 is 6.09 Å². The molecule has 1 aromatic rings. The molecule has 1 fully saturated rings. The third-order valence-electron chi connectivity index (χ3n) is 3.86. The van der Waals surface area contributed by atoms with Crippen LogP contribution in [0, 0.1) is 0 Å². The van der Waals surface area contributed by atoms with Gasteiger partial charge in [0.25, 0.3) is 0 Å². The van der Waals surface area contributed by atoms with E-state index in [1.165, 1.54) is 7.11 Å². The van der Waals surface area contributed by atoms with E-state index in [0.717, 1.165) is 10.5 Å². The largest absolute Gasteiger partial charge is 0.444 e. The van der Waals surface area contributed by atoms with E-state index in [1.54, 1.807) is 24.3 Å². The van der Waals surface area contributed by atoms with E-state index in [4.69, 9.17) is 9.47 Å². The zero-order chi connectivity index (χ0) is 17.0. The Bertz CT molecular complexity index is 494. The summed E-state index contributed by atoms with van der Waals surface area (Å²) in [7, 11) is 1.24. The van der Waals surface area contributed by atoms with Crippen molar-refractivity contribution in [2.45, 2.75) is 37.2 Å². The van der Waals surface area contributed by atoms with E-state index in [1.807, 2.05) is 6.07 Å². The van der Waals surface area contributed by atoms with Crippen LogP contribution in [0.25, 0.3) is 0 Å². The maximum absolute atomic E-state index is 12.3. The number of hydrogen-bond acceptors (Lipinski definition) is 7. The fourth-order valence-corrected chi connectivity index (χ4v) is 2.60. The maximum Gasteiger partial charge on any atom is 0.412 e. The smallest absolute Gasteiger partial charge is 0.412 e. The minimum Gasteiger partial charge on any atom is -0.444 e. The van der Waals surface area contributed by atoms with Gasteiger partial charge >= 0.3 is 6.09 Å². The van der Waals surface area contributed by atoms with Crippen LogP contribution in [0.5, 0.6) is 0 Å². The minimum absolute atomic E-state index is 0.0144. The summed E-state index contributed by atoms with van der Waals surface area (Å²) in [5.74, 6) is 0. The summed E-state index contributed by atoms with van der Waals surface area (Å²) in [4.78, 5) is 13.2. The molecule has 0 aromatic heterocycles. The van der Waals surface area contributed by atoms with Gasteiger partial charge in [-0.2, -0.15) is 0 Å². The van der Waals surface area contributed by atoms with E-state index in [0.29, 0.717) is 0 Å². The second kappa shape index (κ2) is 7.71. The standard InChI is InChI=1S/C15H21NO7/c1-22-14-13(20)12(19)11(18)10(7-17)16(14)15(21)23-8-9-5-3-2-4-6-9/h2-6,10-14,17-20H,7-8H2,1H3/t10-,11-,12+,13-,14?/m1/s1. The SMILES string of the molecule is COC1[C@H](O)[C@@H](O)[C@H](O)[C@@H](CO)N1C(=O)OCc1ccccc1. The topological polar surface area (TPSA) is 120 Å². The van der Waals surface area contributed by atoms with Crippen LogP contribution >= 0.6 is 0 Å². The number of benzene rings is 1. The monoisotopic (exact) mass is 327 g/mol. The number of aliphatic hydroxyl groups is 4. The number of amides is 1. The molecule has 128 valence electrons. The van der Waals surface area contributed by atoms with Gasteiger partial charge in [0, 0.05) is 7.11 Å². The number of carbonyl (C=O) groups is 1. The molecule has 0 bridgehead atoms. The van der Waals surface area contributed by atoms with Crippen molar-refractivity contribution in [1.29, 1.82) is 0 Å². The Kier molecular flexibility index (Phi) is 5.91. The van der Waals surface area contributed by atoms with Gasteiger partial charge in [0.05, 0.1) is 12.6 Å². The number of rotatable bonds is 4. The molecular formula is C15H21NO7. The van der Waals surface area contributed by atoms with Crippen molar-refractivity contribution in [3.8, 4) is 0 Å². The van der Waals surface area contributed by atoms with Crippen LogP contribution in [0.3, 0.4) is 0 Å². The first-order valence-corrected chi connectivity index (χ1v) is 7.18. The lowest BCUT2D eigenvalue weighted by Gasteiger charge is -2.46. The molecule has 5 atom stereocenters. The number of carbonyl (C=O) groups excluding carboxylic acids is 1. The molecule has 0 saturated carbocycles. The van der Waals surface area contributed by atoms with Gasteiger partial charge < -0.3 is 29.9 Å². The molecule has 8 heteroatoms. The molecule has 1 aliphatic heterocycles. The van der Waals surface area contributed by atoms with Gasteiger partial charge in [-0.3, -0.25) is 4.90 Å². The average molecular weight is 327 g/mol. The quantitative estimate of drug-likeness (QED) is 0.563. The molecule has 1 aromatic carbocycles. The van der Waals surface area contributed by atoms with E-state index in [-0.39, 0.29) is 6.61 Å². The van der Waals surface area contributed by atoms with Crippen molar-refractivity contribution in [2.75, 3.05) is 13.7 Å². The Labute approximate surface area is 133 Å². The normalized spacial score (nSPS) is 31.0. The molecular weight excluding hydrogens is 306 g/mol. The highest BCUT2D eigenvalue weighted by Crippen LogP contribution is 2.26. The molecule has 2 rings (SSSR count). The highest BCUT2D eigenvalue weighted by molar-refractivity contribution is 5.69. The first kappa shape index (κ1) is 17.6. The highest BCUT2D eigenvalue weighted by Gasteiger charge is 2.50. The molecule has 1 amide bonds. The number of hydrogen-bond donors (Lipinski definition) is 4. The lowest BCUT2D eigenvalue weighted by Crippen LogP contribution is -2.69. The van der Waals surface area contributed by atoms with Crippen LogP contribution in [0.2, 0.25) is 0 Å². The molecule has 8 nitrogen and oxygen atoms in total. The number of nitrogens with zero attached hydrogens (tertiary/aromatic N) is 1. The summed E-state index contributed by atoms with van der Waals surface area (Å²) in [6.45, 7) is -0.634. The average Bonchev–Trinajstić information content (AvgIpc) is 2.58. The Morgan fingerprint density at radius 3 is 2.35 bits per heavy atom. The molecule has 1 unspecified atom stereocenters. The number of methoxy groups -OCH3 is 1. The zero-order valence-corrected chi connectivity index (χ0v) is 12.6. The molecule has 1 aliphatic rings. The maximum atomic E-state index is 12.3. The number of ether oxygens (including phenoxy) is 2. The molecule has 1 saturated heterocycles. The van der Waals surface area contributed by atoms with Crippen LogP contribution in [-0.2, 0) is 16.1 Å². The van der Waals surface area contributed by atoms with Crippen molar-refractivity contribution in [2.24, 2.45) is 0 Å². The summed E-state index contributed by atoms with van der Waals surface area (Å²) in [6, 6.07) is 7.81. The second-order valence-electron chi connectivity index (χ2n) is 5.30. The Morgan fingerprint density at radius 2 is 1.78 bits per heavy atom. The van der Waals surface area contributed by atoms with Crippen LogP contribution < -0.4 is 0 Å². The van der Waals surface area contributed by atoms with Crippen LogP contribution in [-0.4, -0.2) is 75.7 Å². The number of piperidine rings is 1. The number of likely N-dealkylation sites (tertiary alicyclic amines) is 1. The summed E-state index contributed by atoms with van der Waals surface area (Å²) in [5.41, 5.74) is 0.758. The fourth-order valence-electron chi connectivity index (χ4n) is 2.60. The van der Waals surface area contributed by atoms with Gasteiger partial charge in [0.15, 0.2) is 6.23 Å². The van der Waals surface area contributed by atoms with Gasteiger partial charge in [0.1, 0.15) is 24.9 Å². The third-order valence-corrected chi connectivity index (χ3v) is 3.86. The summed E-state index contributed by atoms with van der Waals surface area (Å²) in [6.07, 6.45) is -6.71. The third kappa shape index (κ3) is 3.62. The van der Waals surface area contributed by atoms with Crippen molar-refractivity contribution in [3.05, 3.63) is 35.9 Å². The van der Waals surface area contributed by atoms with Crippen molar-refractivity contribution < 1.29 is 34.7 Å². The van der Waals surface area contributed by atoms with E-state index >= 15 is 0 Å². The van der Waals surface area contributed by atoms with Gasteiger partial charge in [-0.05, 0) is 5.56 Å². The van der Waals surface area contributed by atoms with Gasteiger partial charge in [0.2, 0.25) is 0 Å². The summed E-state index contributed by atoms with van der Waals surface area (Å²) < 4.78 is 10.2.